The summed E-state index contributed by atoms with van der Waals surface area (Å²) in [6.07, 6.45) is 0.788. The molecule has 2 aliphatic heterocycles. The number of nitrogens with one attached hydrogen (secondary N) is 1. The van der Waals surface area contributed by atoms with Gasteiger partial charge in [-0.3, -0.25) is 4.79 Å². The van der Waals surface area contributed by atoms with Crippen molar-refractivity contribution in [1.29, 1.82) is 0 Å². The molecule has 176 valence electrons. The maximum absolute atomic E-state index is 13.6. The van der Waals surface area contributed by atoms with Crippen molar-refractivity contribution in [3.63, 3.8) is 0 Å². The maximum atomic E-state index is 13.6. The Balaban J connectivity index is 1.66. The minimum absolute atomic E-state index is 0.00792. The topological polar surface area (TPSA) is 65.0 Å². The summed E-state index contributed by atoms with van der Waals surface area (Å²) in [7, 11) is 3.56. The number of piperidine rings is 1. The minimum Gasteiger partial charge on any atom is -0.393 e. The zero-order chi connectivity index (χ0) is 23.5. The molecule has 0 aliphatic carbocycles. The first kappa shape index (κ1) is 23.7. The van der Waals surface area contributed by atoms with Crippen molar-refractivity contribution in [2.75, 3.05) is 33.9 Å². The van der Waals surface area contributed by atoms with Crippen LogP contribution in [0.25, 0.3) is 11.1 Å². The monoisotopic (exact) mass is 467 g/mol. The first-order chi connectivity index (χ1) is 15.9. The van der Waals surface area contributed by atoms with Gasteiger partial charge in [-0.05, 0) is 60.3 Å². The first-order valence-corrected chi connectivity index (χ1v) is 12.0. The predicted octanol–water partition coefficient (Wildman–Crippen LogP) is 3.00. The van der Waals surface area contributed by atoms with Crippen molar-refractivity contribution >= 4 is 23.2 Å². The molecule has 0 spiro atoms. The van der Waals surface area contributed by atoms with Crippen LogP contribution in [-0.2, 0) is 16.0 Å². The number of carbonyl (C=O) groups excluding carboxylic acids is 1. The van der Waals surface area contributed by atoms with Crippen molar-refractivity contribution < 1.29 is 14.6 Å². The molecule has 2 N–H and O–H groups in total. The fraction of sp³-hybridized carbons (Fsp3) is 0.462. The van der Waals surface area contributed by atoms with E-state index in [2.05, 4.69) is 35.6 Å². The van der Waals surface area contributed by atoms with Crippen LogP contribution in [0.1, 0.15) is 30.5 Å². The number of ether oxygens (including phenoxy) is 1. The van der Waals surface area contributed by atoms with E-state index < -0.39 is 12.0 Å². The number of nitrogens with zero attached hydrogens (tertiary/aromatic N) is 2. The van der Waals surface area contributed by atoms with Gasteiger partial charge in [-0.15, -0.1) is 0 Å². The summed E-state index contributed by atoms with van der Waals surface area (Å²) in [5, 5.41) is 14.4. The largest absolute Gasteiger partial charge is 0.393 e. The van der Waals surface area contributed by atoms with E-state index in [9.17, 15) is 9.90 Å². The average molecular weight is 468 g/mol. The smallest absolute Gasteiger partial charge is 0.230 e. The molecule has 0 saturated carbocycles. The summed E-state index contributed by atoms with van der Waals surface area (Å²) < 4.78 is 5.11. The predicted molar refractivity (Wildman–Crippen MR) is 134 cm³/mol. The van der Waals surface area contributed by atoms with Crippen molar-refractivity contribution in [2.24, 2.45) is 5.92 Å². The summed E-state index contributed by atoms with van der Waals surface area (Å²) in [5.41, 5.74) is 4.82. The Hall–Kier alpha value is -2.48. The number of carbonyl (C=O) groups is 1. The lowest BCUT2D eigenvalue weighted by atomic mass is 9.77. The molecule has 1 amide bonds. The summed E-state index contributed by atoms with van der Waals surface area (Å²) in [4.78, 5) is 17.5. The number of aliphatic hydroxyl groups excluding tert-OH is 1. The normalized spacial score (nSPS) is 22.8. The van der Waals surface area contributed by atoms with Crippen LogP contribution < -0.4 is 5.32 Å². The number of thiocarbonyl (C=S) groups is 1. The van der Waals surface area contributed by atoms with Gasteiger partial charge in [-0.2, -0.15) is 0 Å². The van der Waals surface area contributed by atoms with Crippen LogP contribution in [0.15, 0.2) is 48.5 Å². The van der Waals surface area contributed by atoms with Gasteiger partial charge in [-0.1, -0.05) is 42.5 Å². The highest BCUT2D eigenvalue weighted by molar-refractivity contribution is 7.80. The number of aliphatic hydroxyl groups is 1. The van der Waals surface area contributed by atoms with Crippen LogP contribution in [0.2, 0.25) is 0 Å². The molecule has 2 aromatic rings. The molecule has 1 saturated heterocycles. The van der Waals surface area contributed by atoms with Gasteiger partial charge in [0.05, 0.1) is 24.7 Å². The van der Waals surface area contributed by atoms with Crippen molar-refractivity contribution in [3.8, 4) is 11.1 Å². The Morgan fingerprint density at radius 1 is 1.27 bits per heavy atom. The van der Waals surface area contributed by atoms with Crippen molar-refractivity contribution in [3.05, 3.63) is 59.7 Å². The van der Waals surface area contributed by atoms with Crippen LogP contribution >= 0.6 is 12.2 Å². The number of amides is 1. The average Bonchev–Trinajstić information content (AvgIpc) is 2.83. The summed E-state index contributed by atoms with van der Waals surface area (Å²) in [5.74, 6) is -0.513. The molecular weight excluding hydrogens is 434 g/mol. The van der Waals surface area contributed by atoms with Crippen LogP contribution in [0.3, 0.4) is 0 Å². The fourth-order valence-corrected chi connectivity index (χ4v) is 5.46. The molecule has 4 rings (SSSR count). The van der Waals surface area contributed by atoms with Crippen LogP contribution in [0.5, 0.6) is 0 Å². The number of hydrogen-bond acceptors (Lipinski definition) is 4. The Bertz CT molecular complexity index is 998. The van der Waals surface area contributed by atoms with Gasteiger partial charge in [0.25, 0.3) is 0 Å². The van der Waals surface area contributed by atoms with E-state index in [0.717, 1.165) is 18.4 Å². The zero-order valence-electron chi connectivity index (χ0n) is 19.5. The fourth-order valence-electron chi connectivity index (χ4n) is 5.22. The Morgan fingerprint density at radius 2 is 2.03 bits per heavy atom. The Labute approximate surface area is 201 Å². The highest BCUT2D eigenvalue weighted by atomic mass is 32.1. The van der Waals surface area contributed by atoms with Gasteiger partial charge < -0.3 is 25.0 Å². The molecule has 2 aromatic carbocycles. The highest BCUT2D eigenvalue weighted by Crippen LogP contribution is 2.42. The van der Waals surface area contributed by atoms with Crippen LogP contribution in [-0.4, -0.2) is 71.9 Å². The number of hydrogen-bond donors (Lipinski definition) is 2. The number of methoxy groups -OCH3 is 1. The van der Waals surface area contributed by atoms with Crippen LogP contribution in [0, 0.1) is 5.92 Å². The number of benzene rings is 2. The molecule has 33 heavy (non-hydrogen) atoms. The zero-order valence-corrected chi connectivity index (χ0v) is 20.3. The van der Waals surface area contributed by atoms with E-state index in [0.29, 0.717) is 24.8 Å². The van der Waals surface area contributed by atoms with Crippen LogP contribution in [0.4, 0.5) is 0 Å². The van der Waals surface area contributed by atoms with Gasteiger partial charge >= 0.3 is 0 Å². The molecule has 7 heteroatoms. The minimum atomic E-state index is -0.760. The Morgan fingerprint density at radius 3 is 2.73 bits per heavy atom. The van der Waals surface area contributed by atoms with Gasteiger partial charge in [0.1, 0.15) is 0 Å². The van der Waals surface area contributed by atoms with E-state index in [-0.39, 0.29) is 18.0 Å². The molecule has 0 unspecified atom stereocenters. The van der Waals surface area contributed by atoms with E-state index in [1.807, 2.05) is 35.0 Å². The molecule has 0 aromatic heterocycles. The van der Waals surface area contributed by atoms with E-state index >= 15 is 0 Å². The van der Waals surface area contributed by atoms with E-state index in [1.165, 1.54) is 16.7 Å². The molecule has 2 heterocycles. The SMILES string of the molecule is COCCNC(=S)N(C)[C@H]1C[C@H]2c3cc(-c4ccccc4)ccc3CCN2C(=O)[C@H]1[C@H](C)O. The number of fused-ring (bicyclic) bond motifs is 3. The second kappa shape index (κ2) is 10.2. The summed E-state index contributed by atoms with van der Waals surface area (Å²) in [6, 6.07) is 16.7. The van der Waals surface area contributed by atoms with Crippen molar-refractivity contribution in [2.45, 2.75) is 38.0 Å². The highest BCUT2D eigenvalue weighted by Gasteiger charge is 2.48. The summed E-state index contributed by atoms with van der Waals surface area (Å²) in [6.45, 7) is 3.52. The lowest BCUT2D eigenvalue weighted by Crippen LogP contribution is -2.60. The molecule has 0 radical (unpaired) electrons. The van der Waals surface area contributed by atoms with Gasteiger partial charge in [0.15, 0.2) is 5.11 Å². The van der Waals surface area contributed by atoms with Gasteiger partial charge in [0.2, 0.25) is 5.91 Å². The molecule has 6 nitrogen and oxygen atoms in total. The van der Waals surface area contributed by atoms with E-state index in [1.54, 1.807) is 14.0 Å². The third kappa shape index (κ3) is 4.76. The third-order valence-corrected chi connectivity index (χ3v) is 7.41. The standard InChI is InChI=1S/C26H33N3O3S/c1-17(30)24-23(28(2)26(33)27-12-14-32-3)16-22-21-15-20(18-7-5-4-6-8-18)10-9-19(21)11-13-29(22)25(24)31/h4-10,15,17,22-24,30H,11-14,16H2,1-3H3,(H,27,33)/t17-,22-,23-,24-/m0/s1. The lowest BCUT2D eigenvalue weighted by Gasteiger charge is -2.50. The van der Waals surface area contributed by atoms with E-state index in [4.69, 9.17) is 17.0 Å². The molecule has 2 aliphatic rings. The second-order valence-electron chi connectivity index (χ2n) is 8.98. The number of rotatable bonds is 6. The third-order valence-electron chi connectivity index (χ3n) is 6.98. The maximum Gasteiger partial charge on any atom is 0.230 e. The van der Waals surface area contributed by atoms with Gasteiger partial charge in [-0.25, -0.2) is 0 Å². The molecule has 0 bridgehead atoms. The quantitative estimate of drug-likeness (QED) is 0.503. The second-order valence-corrected chi connectivity index (χ2v) is 9.37. The molecular formula is C26H33N3O3S. The van der Waals surface area contributed by atoms with Gasteiger partial charge in [0, 0.05) is 33.3 Å². The Kier molecular flexibility index (Phi) is 7.32. The van der Waals surface area contributed by atoms with Crippen molar-refractivity contribution in [1.82, 2.24) is 15.1 Å². The molecule has 1 fully saturated rings. The summed E-state index contributed by atoms with van der Waals surface area (Å²) >= 11 is 5.61. The first-order valence-electron chi connectivity index (χ1n) is 11.6. The molecule has 4 atom stereocenters. The lowest BCUT2D eigenvalue weighted by molar-refractivity contribution is -0.151.